The first-order chi connectivity index (χ1) is 9.63. The Morgan fingerprint density at radius 2 is 1.95 bits per heavy atom. The molecule has 0 unspecified atom stereocenters. The molecule has 0 bridgehead atoms. The summed E-state index contributed by atoms with van der Waals surface area (Å²) in [6.07, 6.45) is 1.76. The Morgan fingerprint density at radius 3 is 2.75 bits per heavy atom. The van der Waals surface area contributed by atoms with Crippen LogP contribution in [0.2, 0.25) is 0 Å². The van der Waals surface area contributed by atoms with Crippen LogP contribution in [-0.2, 0) is 0 Å². The minimum absolute atomic E-state index is 0.311. The van der Waals surface area contributed by atoms with Crippen LogP contribution in [0.5, 0.6) is 0 Å². The van der Waals surface area contributed by atoms with E-state index in [1.54, 1.807) is 18.3 Å². The number of nitrogens with two attached hydrogens (primary N) is 2. The fourth-order valence-electron chi connectivity index (χ4n) is 1.93. The van der Waals surface area contributed by atoms with Gasteiger partial charge in [-0.3, -0.25) is 4.98 Å². The molecule has 1 aromatic carbocycles. The van der Waals surface area contributed by atoms with Crippen molar-refractivity contribution in [2.45, 2.75) is 0 Å². The second-order valence-electron chi connectivity index (χ2n) is 4.33. The molecule has 3 aromatic rings. The van der Waals surface area contributed by atoms with E-state index in [-0.39, 0.29) is 0 Å². The van der Waals surface area contributed by atoms with Crippen LogP contribution in [-0.4, -0.2) is 9.97 Å². The van der Waals surface area contributed by atoms with Gasteiger partial charge in [0.2, 0.25) is 0 Å². The average molecular weight is 330 g/mol. The van der Waals surface area contributed by atoms with E-state index in [9.17, 15) is 0 Å². The molecule has 2 heterocycles. The number of nitrogens with one attached hydrogen (secondary N) is 1. The number of rotatable bonds is 2. The number of halogens is 1. The summed E-state index contributed by atoms with van der Waals surface area (Å²) in [5, 5.41) is 4.24. The van der Waals surface area contributed by atoms with Crippen LogP contribution in [0.3, 0.4) is 0 Å². The molecule has 3 rings (SSSR count). The number of hydrogen-bond donors (Lipinski definition) is 3. The molecular weight excluding hydrogens is 318 g/mol. The molecule has 20 heavy (non-hydrogen) atoms. The molecule has 0 aliphatic heterocycles. The zero-order valence-electron chi connectivity index (χ0n) is 10.5. The molecule has 0 spiro atoms. The molecule has 0 atom stereocenters. The van der Waals surface area contributed by atoms with E-state index in [2.05, 4.69) is 31.2 Å². The number of benzene rings is 1. The monoisotopic (exact) mass is 329 g/mol. The Balaban J connectivity index is 2.04. The van der Waals surface area contributed by atoms with Gasteiger partial charge in [0.1, 0.15) is 11.6 Å². The van der Waals surface area contributed by atoms with Crippen molar-refractivity contribution in [2.24, 2.45) is 0 Å². The summed E-state index contributed by atoms with van der Waals surface area (Å²) in [4.78, 5) is 8.62. The molecule has 100 valence electrons. The lowest BCUT2D eigenvalue weighted by molar-refractivity contribution is 1.31. The van der Waals surface area contributed by atoms with Gasteiger partial charge in [0.15, 0.2) is 0 Å². The second kappa shape index (κ2) is 4.97. The van der Waals surface area contributed by atoms with E-state index in [1.165, 1.54) is 0 Å². The van der Waals surface area contributed by atoms with Gasteiger partial charge in [0.25, 0.3) is 0 Å². The molecule has 2 aromatic heterocycles. The van der Waals surface area contributed by atoms with Crippen LogP contribution in [0.25, 0.3) is 10.9 Å². The van der Waals surface area contributed by atoms with Crippen molar-refractivity contribution in [1.82, 2.24) is 9.97 Å². The summed E-state index contributed by atoms with van der Waals surface area (Å²) in [5.41, 5.74) is 13.6. The van der Waals surface area contributed by atoms with Crippen LogP contribution in [0.1, 0.15) is 0 Å². The lowest BCUT2D eigenvalue weighted by atomic mass is 10.2. The number of aromatic nitrogens is 2. The Bertz CT molecular complexity index is 788. The molecule has 0 saturated carbocycles. The van der Waals surface area contributed by atoms with Crippen molar-refractivity contribution in [2.75, 3.05) is 16.8 Å². The number of hydrogen-bond acceptors (Lipinski definition) is 5. The molecular formula is C14H12BrN5. The Kier molecular flexibility index (Phi) is 3.15. The highest BCUT2D eigenvalue weighted by Crippen LogP contribution is 2.26. The number of pyridine rings is 2. The molecule has 0 aliphatic carbocycles. The predicted octanol–water partition coefficient (Wildman–Crippen LogP) is 3.30. The normalized spacial score (nSPS) is 10.7. The van der Waals surface area contributed by atoms with Gasteiger partial charge in [-0.05, 0) is 40.2 Å². The Morgan fingerprint density at radius 1 is 1.10 bits per heavy atom. The molecule has 0 fully saturated rings. The van der Waals surface area contributed by atoms with E-state index in [0.29, 0.717) is 17.3 Å². The van der Waals surface area contributed by atoms with Gasteiger partial charge in [-0.1, -0.05) is 12.1 Å². The van der Waals surface area contributed by atoms with Gasteiger partial charge < -0.3 is 16.8 Å². The van der Waals surface area contributed by atoms with Crippen LogP contribution < -0.4 is 16.8 Å². The van der Waals surface area contributed by atoms with E-state index < -0.39 is 0 Å². The zero-order valence-corrected chi connectivity index (χ0v) is 12.1. The molecule has 0 amide bonds. The highest BCUT2D eigenvalue weighted by Gasteiger charge is 2.05. The molecule has 0 aliphatic rings. The third-order valence-electron chi connectivity index (χ3n) is 2.90. The zero-order chi connectivity index (χ0) is 14.1. The van der Waals surface area contributed by atoms with Crippen molar-refractivity contribution in [3.05, 3.63) is 47.1 Å². The van der Waals surface area contributed by atoms with Crippen LogP contribution in [0, 0.1) is 0 Å². The van der Waals surface area contributed by atoms with E-state index in [1.807, 2.05) is 24.3 Å². The lowest BCUT2D eigenvalue weighted by Gasteiger charge is -2.09. The quantitative estimate of drug-likeness (QED) is 0.671. The summed E-state index contributed by atoms with van der Waals surface area (Å²) in [5.74, 6) is 0.944. The fourth-order valence-corrected chi connectivity index (χ4v) is 2.28. The first-order valence-electron chi connectivity index (χ1n) is 5.97. The third kappa shape index (κ3) is 2.37. The first-order valence-corrected chi connectivity index (χ1v) is 6.76. The summed E-state index contributed by atoms with van der Waals surface area (Å²) in [6, 6.07) is 11.4. The summed E-state index contributed by atoms with van der Waals surface area (Å²) >= 11 is 3.42. The highest BCUT2D eigenvalue weighted by atomic mass is 79.9. The van der Waals surface area contributed by atoms with Crippen LogP contribution in [0.4, 0.5) is 23.0 Å². The first kappa shape index (κ1) is 12.7. The van der Waals surface area contributed by atoms with Crippen molar-refractivity contribution >= 4 is 49.8 Å². The van der Waals surface area contributed by atoms with E-state index in [0.717, 1.165) is 21.1 Å². The van der Waals surface area contributed by atoms with Gasteiger partial charge in [-0.15, -0.1) is 0 Å². The highest BCUT2D eigenvalue weighted by molar-refractivity contribution is 9.10. The Labute approximate surface area is 124 Å². The number of nitrogens with zero attached hydrogens (tertiary/aromatic N) is 2. The standard InChI is InChI=1S/C14H12BrN5/c15-9-6-8-2-1-3-11(13(8)18-7-9)19-12-5-4-10(16)14(17)20-12/h1-7H,16H2,(H3,17,19,20). The summed E-state index contributed by atoms with van der Waals surface area (Å²) in [6.45, 7) is 0. The summed E-state index contributed by atoms with van der Waals surface area (Å²) < 4.78 is 0.942. The molecule has 6 heteroatoms. The SMILES string of the molecule is Nc1ccc(Nc2cccc3cc(Br)cnc23)nc1N. The van der Waals surface area contributed by atoms with Crippen LogP contribution in [0.15, 0.2) is 47.1 Å². The second-order valence-corrected chi connectivity index (χ2v) is 5.24. The topological polar surface area (TPSA) is 89.8 Å². The smallest absolute Gasteiger partial charge is 0.149 e. The molecule has 0 radical (unpaired) electrons. The molecule has 5 N–H and O–H groups in total. The Hall–Kier alpha value is -2.34. The van der Waals surface area contributed by atoms with E-state index in [4.69, 9.17) is 11.5 Å². The maximum atomic E-state index is 5.71. The van der Waals surface area contributed by atoms with Crippen molar-refractivity contribution < 1.29 is 0 Å². The maximum Gasteiger partial charge on any atom is 0.149 e. The predicted molar refractivity (Wildman–Crippen MR) is 85.8 cm³/mol. The van der Waals surface area contributed by atoms with Crippen LogP contribution >= 0.6 is 15.9 Å². The molecule has 0 saturated heterocycles. The third-order valence-corrected chi connectivity index (χ3v) is 3.33. The number of anilines is 4. The van der Waals surface area contributed by atoms with E-state index >= 15 is 0 Å². The minimum Gasteiger partial charge on any atom is -0.396 e. The van der Waals surface area contributed by atoms with Crippen molar-refractivity contribution in [3.63, 3.8) is 0 Å². The minimum atomic E-state index is 0.311. The average Bonchev–Trinajstić information content (AvgIpc) is 2.43. The fraction of sp³-hybridized carbons (Fsp3) is 0. The largest absolute Gasteiger partial charge is 0.396 e. The maximum absolute atomic E-state index is 5.71. The van der Waals surface area contributed by atoms with Crippen molar-refractivity contribution in [3.8, 4) is 0 Å². The molecule has 5 nitrogen and oxygen atoms in total. The number of para-hydroxylation sites is 1. The van der Waals surface area contributed by atoms with Gasteiger partial charge in [-0.2, -0.15) is 0 Å². The number of fused-ring (bicyclic) bond motifs is 1. The summed E-state index contributed by atoms with van der Waals surface area (Å²) in [7, 11) is 0. The van der Waals surface area contributed by atoms with Gasteiger partial charge in [0.05, 0.1) is 16.9 Å². The van der Waals surface area contributed by atoms with Gasteiger partial charge in [-0.25, -0.2) is 4.98 Å². The van der Waals surface area contributed by atoms with Gasteiger partial charge in [0, 0.05) is 16.1 Å². The lowest BCUT2D eigenvalue weighted by Crippen LogP contribution is -2.01. The van der Waals surface area contributed by atoms with Gasteiger partial charge >= 0.3 is 0 Å². The number of nitrogen functional groups attached to an aromatic ring is 2. The van der Waals surface area contributed by atoms with Crippen molar-refractivity contribution in [1.29, 1.82) is 0 Å².